The Kier molecular flexibility index (Phi) is 4.04. The zero-order valence-electron chi connectivity index (χ0n) is 9.99. The van der Waals surface area contributed by atoms with Crippen molar-refractivity contribution in [3.63, 3.8) is 0 Å². The maximum absolute atomic E-state index is 13.8. The van der Waals surface area contributed by atoms with Crippen LogP contribution in [0.1, 0.15) is 15.4 Å². The third kappa shape index (κ3) is 3.34. The van der Waals surface area contributed by atoms with Gasteiger partial charge in [-0.3, -0.25) is 0 Å². The SMILES string of the molecule is Cc1ncc(CNCC(F)(F)c2ccccc2)s1. The second-order valence-electron chi connectivity index (χ2n) is 4.02. The first kappa shape index (κ1) is 13.1. The van der Waals surface area contributed by atoms with Crippen LogP contribution in [0.15, 0.2) is 36.5 Å². The standard InChI is InChI=1S/C13H14F2N2S/c1-10-17-8-12(18-10)7-16-9-13(14,15)11-5-3-2-4-6-11/h2-6,8,16H,7,9H2,1H3. The number of halogens is 2. The molecule has 0 spiro atoms. The van der Waals surface area contributed by atoms with Crippen molar-refractivity contribution in [1.29, 1.82) is 0 Å². The highest BCUT2D eigenvalue weighted by Gasteiger charge is 2.30. The lowest BCUT2D eigenvalue weighted by Crippen LogP contribution is -2.30. The molecule has 0 fully saturated rings. The first-order valence-electron chi connectivity index (χ1n) is 5.63. The van der Waals surface area contributed by atoms with Crippen LogP contribution in [0, 0.1) is 6.92 Å². The van der Waals surface area contributed by atoms with Gasteiger partial charge in [0.1, 0.15) is 0 Å². The van der Waals surface area contributed by atoms with Crippen LogP contribution in [0.4, 0.5) is 8.78 Å². The number of nitrogens with zero attached hydrogens (tertiary/aromatic N) is 1. The molecule has 0 aliphatic carbocycles. The summed E-state index contributed by atoms with van der Waals surface area (Å²) in [6.07, 6.45) is 1.72. The Labute approximate surface area is 109 Å². The molecule has 0 aliphatic heterocycles. The van der Waals surface area contributed by atoms with Crippen LogP contribution in [0.25, 0.3) is 0 Å². The van der Waals surface area contributed by atoms with Gasteiger partial charge in [-0.15, -0.1) is 11.3 Å². The number of rotatable bonds is 5. The minimum Gasteiger partial charge on any atom is -0.306 e. The second kappa shape index (κ2) is 5.54. The van der Waals surface area contributed by atoms with E-state index in [0.29, 0.717) is 6.54 Å². The van der Waals surface area contributed by atoms with Crippen molar-refractivity contribution in [1.82, 2.24) is 10.3 Å². The van der Waals surface area contributed by atoms with Gasteiger partial charge in [0.2, 0.25) is 0 Å². The molecule has 0 bridgehead atoms. The van der Waals surface area contributed by atoms with Crippen LogP contribution in [0.5, 0.6) is 0 Å². The molecule has 18 heavy (non-hydrogen) atoms. The van der Waals surface area contributed by atoms with Crippen LogP contribution >= 0.6 is 11.3 Å². The first-order valence-corrected chi connectivity index (χ1v) is 6.45. The largest absolute Gasteiger partial charge is 0.306 e. The van der Waals surface area contributed by atoms with Crippen molar-refractivity contribution >= 4 is 11.3 Å². The molecule has 2 rings (SSSR count). The minimum atomic E-state index is -2.85. The normalized spacial score (nSPS) is 11.7. The van der Waals surface area contributed by atoms with Gasteiger partial charge in [0.25, 0.3) is 5.92 Å². The molecule has 1 aromatic carbocycles. The molecule has 2 nitrogen and oxygen atoms in total. The quantitative estimate of drug-likeness (QED) is 0.899. The van der Waals surface area contributed by atoms with Crippen molar-refractivity contribution in [3.8, 4) is 0 Å². The van der Waals surface area contributed by atoms with Gasteiger partial charge in [-0.2, -0.15) is 8.78 Å². The average Bonchev–Trinajstić information content (AvgIpc) is 2.76. The van der Waals surface area contributed by atoms with Crippen LogP contribution in [-0.4, -0.2) is 11.5 Å². The summed E-state index contributed by atoms with van der Waals surface area (Å²) in [6, 6.07) is 7.86. The maximum Gasteiger partial charge on any atom is 0.285 e. The smallest absolute Gasteiger partial charge is 0.285 e. The summed E-state index contributed by atoms with van der Waals surface area (Å²) in [4.78, 5) is 5.05. The number of benzene rings is 1. The van der Waals surface area contributed by atoms with E-state index >= 15 is 0 Å². The van der Waals surface area contributed by atoms with Gasteiger partial charge >= 0.3 is 0 Å². The fraction of sp³-hybridized carbons (Fsp3) is 0.308. The van der Waals surface area contributed by atoms with Crippen molar-refractivity contribution in [2.75, 3.05) is 6.54 Å². The fourth-order valence-corrected chi connectivity index (χ4v) is 2.38. The van der Waals surface area contributed by atoms with E-state index in [1.165, 1.54) is 23.5 Å². The van der Waals surface area contributed by atoms with Gasteiger partial charge in [0.05, 0.1) is 11.6 Å². The van der Waals surface area contributed by atoms with E-state index in [-0.39, 0.29) is 12.1 Å². The molecule has 0 atom stereocenters. The minimum absolute atomic E-state index is 0.0398. The number of aromatic nitrogens is 1. The molecule has 0 unspecified atom stereocenters. The van der Waals surface area contributed by atoms with Gasteiger partial charge in [-0.25, -0.2) is 4.98 Å². The molecule has 96 valence electrons. The topological polar surface area (TPSA) is 24.9 Å². The molecular weight excluding hydrogens is 254 g/mol. The summed E-state index contributed by atoms with van der Waals surface area (Å²) in [6.45, 7) is 1.95. The van der Waals surface area contributed by atoms with E-state index in [1.807, 2.05) is 6.92 Å². The molecular formula is C13H14F2N2S. The summed E-state index contributed by atoms with van der Waals surface area (Å²) >= 11 is 1.52. The van der Waals surface area contributed by atoms with Crippen molar-refractivity contribution in [2.45, 2.75) is 19.4 Å². The zero-order valence-corrected chi connectivity index (χ0v) is 10.8. The molecule has 1 aromatic heterocycles. The Morgan fingerprint density at radius 1 is 1.28 bits per heavy atom. The molecule has 0 amide bonds. The molecule has 0 saturated carbocycles. The Bertz CT molecular complexity index is 497. The molecule has 5 heteroatoms. The Balaban J connectivity index is 1.89. The predicted molar refractivity (Wildman–Crippen MR) is 68.9 cm³/mol. The van der Waals surface area contributed by atoms with E-state index in [2.05, 4.69) is 10.3 Å². The van der Waals surface area contributed by atoms with E-state index in [4.69, 9.17) is 0 Å². The molecule has 1 heterocycles. The van der Waals surface area contributed by atoms with Gasteiger partial charge in [-0.1, -0.05) is 30.3 Å². The Morgan fingerprint density at radius 3 is 2.61 bits per heavy atom. The van der Waals surface area contributed by atoms with E-state index in [0.717, 1.165) is 9.88 Å². The average molecular weight is 268 g/mol. The van der Waals surface area contributed by atoms with E-state index in [9.17, 15) is 8.78 Å². The van der Waals surface area contributed by atoms with E-state index < -0.39 is 5.92 Å². The third-order valence-corrected chi connectivity index (χ3v) is 3.42. The van der Waals surface area contributed by atoms with Crippen LogP contribution in [0.2, 0.25) is 0 Å². The highest BCUT2D eigenvalue weighted by atomic mass is 32.1. The summed E-state index contributed by atoms with van der Waals surface area (Å²) < 4.78 is 27.6. The Hall–Kier alpha value is -1.33. The zero-order chi connectivity index (χ0) is 13.0. The summed E-state index contributed by atoms with van der Waals surface area (Å²) in [5, 5.41) is 3.72. The third-order valence-electron chi connectivity index (χ3n) is 2.51. The monoisotopic (exact) mass is 268 g/mol. The van der Waals surface area contributed by atoms with Crippen molar-refractivity contribution < 1.29 is 8.78 Å². The number of aryl methyl sites for hydroxylation is 1. The van der Waals surface area contributed by atoms with E-state index in [1.54, 1.807) is 24.4 Å². The van der Waals surface area contributed by atoms with Crippen LogP contribution < -0.4 is 5.32 Å². The lowest BCUT2D eigenvalue weighted by atomic mass is 10.1. The summed E-state index contributed by atoms with van der Waals surface area (Å²) in [5.41, 5.74) is 0.0398. The molecule has 0 aliphatic rings. The number of nitrogens with one attached hydrogen (secondary N) is 1. The number of hydrogen-bond donors (Lipinski definition) is 1. The highest BCUT2D eigenvalue weighted by molar-refractivity contribution is 7.11. The Morgan fingerprint density at radius 2 is 2.00 bits per heavy atom. The lowest BCUT2D eigenvalue weighted by Gasteiger charge is -2.17. The molecule has 1 N–H and O–H groups in total. The fourth-order valence-electron chi connectivity index (χ4n) is 1.61. The van der Waals surface area contributed by atoms with Gasteiger partial charge in [0, 0.05) is 23.2 Å². The van der Waals surface area contributed by atoms with Gasteiger partial charge in [0.15, 0.2) is 0 Å². The summed E-state index contributed by atoms with van der Waals surface area (Å²) in [7, 11) is 0. The van der Waals surface area contributed by atoms with Gasteiger partial charge < -0.3 is 5.32 Å². The maximum atomic E-state index is 13.8. The highest BCUT2D eigenvalue weighted by Crippen LogP contribution is 2.26. The predicted octanol–water partition coefficient (Wildman–Crippen LogP) is 3.33. The number of hydrogen-bond acceptors (Lipinski definition) is 3. The molecule has 2 aromatic rings. The summed E-state index contributed by atoms with van der Waals surface area (Å²) in [5.74, 6) is -2.85. The van der Waals surface area contributed by atoms with Crippen LogP contribution in [0.3, 0.4) is 0 Å². The molecule has 0 radical (unpaired) electrons. The second-order valence-corrected chi connectivity index (χ2v) is 5.34. The van der Waals surface area contributed by atoms with Crippen molar-refractivity contribution in [3.05, 3.63) is 52.0 Å². The first-order chi connectivity index (χ1) is 8.58. The van der Waals surface area contributed by atoms with Crippen molar-refractivity contribution in [2.24, 2.45) is 0 Å². The van der Waals surface area contributed by atoms with Gasteiger partial charge in [-0.05, 0) is 6.92 Å². The lowest BCUT2D eigenvalue weighted by molar-refractivity contribution is -0.00338. The van der Waals surface area contributed by atoms with Crippen LogP contribution in [-0.2, 0) is 12.5 Å². The number of thiazole rings is 1. The number of alkyl halides is 2. The molecule has 0 saturated heterocycles.